The standard InChI is InChI=1S/C15H19NO3S2/c1-10-3-4-12(11(2)7-10)21-8-13(17)16-15(14(18)19)5-6-20-9-15/h3-4,7H,5-6,8-9H2,1-2H3,(H,16,17)(H,18,19). The first-order chi connectivity index (χ1) is 9.93. The van der Waals surface area contributed by atoms with Gasteiger partial charge in [-0.05, 0) is 37.7 Å². The zero-order valence-corrected chi connectivity index (χ0v) is 13.8. The molecule has 1 aliphatic heterocycles. The number of amides is 1. The molecule has 0 saturated carbocycles. The van der Waals surface area contributed by atoms with Crippen molar-refractivity contribution in [1.29, 1.82) is 0 Å². The average molecular weight is 325 g/mol. The summed E-state index contributed by atoms with van der Waals surface area (Å²) in [7, 11) is 0. The first-order valence-electron chi connectivity index (χ1n) is 6.75. The monoisotopic (exact) mass is 325 g/mol. The first-order valence-corrected chi connectivity index (χ1v) is 8.89. The van der Waals surface area contributed by atoms with Crippen molar-refractivity contribution in [2.24, 2.45) is 0 Å². The Morgan fingerprint density at radius 2 is 2.19 bits per heavy atom. The lowest BCUT2D eigenvalue weighted by Crippen LogP contribution is -2.55. The maximum atomic E-state index is 12.1. The van der Waals surface area contributed by atoms with Gasteiger partial charge < -0.3 is 10.4 Å². The zero-order valence-electron chi connectivity index (χ0n) is 12.1. The van der Waals surface area contributed by atoms with Gasteiger partial charge in [-0.25, -0.2) is 4.79 Å². The lowest BCUT2D eigenvalue weighted by Gasteiger charge is -2.24. The molecule has 2 N–H and O–H groups in total. The van der Waals surface area contributed by atoms with E-state index in [0.29, 0.717) is 12.2 Å². The van der Waals surface area contributed by atoms with Crippen LogP contribution in [0.25, 0.3) is 0 Å². The van der Waals surface area contributed by atoms with E-state index in [1.54, 1.807) is 11.8 Å². The summed E-state index contributed by atoms with van der Waals surface area (Å²) >= 11 is 3.01. The van der Waals surface area contributed by atoms with Gasteiger partial charge in [-0.2, -0.15) is 11.8 Å². The topological polar surface area (TPSA) is 66.4 Å². The van der Waals surface area contributed by atoms with E-state index in [9.17, 15) is 14.7 Å². The number of carboxylic acid groups (broad SMARTS) is 1. The van der Waals surface area contributed by atoms with Crippen LogP contribution in [0.4, 0.5) is 0 Å². The SMILES string of the molecule is Cc1ccc(SCC(=O)NC2(C(=O)O)CCSC2)c(C)c1. The van der Waals surface area contributed by atoms with E-state index in [1.807, 2.05) is 26.0 Å². The number of rotatable bonds is 5. The lowest BCUT2D eigenvalue weighted by atomic mass is 9.99. The van der Waals surface area contributed by atoms with Crippen LogP contribution in [0, 0.1) is 13.8 Å². The van der Waals surface area contributed by atoms with Crippen LogP contribution in [0.5, 0.6) is 0 Å². The van der Waals surface area contributed by atoms with Gasteiger partial charge in [0.2, 0.25) is 5.91 Å². The molecule has 1 unspecified atom stereocenters. The molecule has 1 aromatic carbocycles. The van der Waals surface area contributed by atoms with Gasteiger partial charge in [-0.3, -0.25) is 4.79 Å². The van der Waals surface area contributed by atoms with Crippen LogP contribution in [0.2, 0.25) is 0 Å². The third kappa shape index (κ3) is 3.95. The molecule has 0 radical (unpaired) electrons. The Hall–Kier alpha value is -1.14. The molecule has 1 aromatic rings. The highest BCUT2D eigenvalue weighted by atomic mass is 32.2. The van der Waals surface area contributed by atoms with E-state index >= 15 is 0 Å². The van der Waals surface area contributed by atoms with Crippen LogP contribution in [-0.2, 0) is 9.59 Å². The molecule has 0 aliphatic carbocycles. The minimum Gasteiger partial charge on any atom is -0.479 e. The van der Waals surface area contributed by atoms with E-state index in [4.69, 9.17) is 0 Å². The summed E-state index contributed by atoms with van der Waals surface area (Å²) in [6.07, 6.45) is 0.493. The van der Waals surface area contributed by atoms with Gasteiger partial charge in [0.25, 0.3) is 0 Å². The molecule has 0 spiro atoms. The van der Waals surface area contributed by atoms with E-state index < -0.39 is 11.5 Å². The lowest BCUT2D eigenvalue weighted by molar-refractivity contribution is -0.146. The predicted octanol–water partition coefficient (Wildman–Crippen LogP) is 2.47. The molecule has 1 amide bonds. The summed E-state index contributed by atoms with van der Waals surface area (Å²) in [5.41, 5.74) is 1.25. The molecule has 0 aromatic heterocycles. The summed E-state index contributed by atoms with van der Waals surface area (Å²) in [4.78, 5) is 24.5. The van der Waals surface area contributed by atoms with Crippen LogP contribution >= 0.6 is 23.5 Å². The predicted molar refractivity (Wildman–Crippen MR) is 87.1 cm³/mol. The Morgan fingerprint density at radius 3 is 2.76 bits per heavy atom. The second-order valence-electron chi connectivity index (χ2n) is 5.30. The molecular formula is C15H19NO3S2. The van der Waals surface area contributed by atoms with Crippen LogP contribution in [0.3, 0.4) is 0 Å². The number of hydrogen-bond donors (Lipinski definition) is 2. The fourth-order valence-corrected chi connectivity index (χ4v) is 4.43. The number of benzene rings is 1. The van der Waals surface area contributed by atoms with E-state index in [0.717, 1.165) is 16.2 Å². The maximum absolute atomic E-state index is 12.1. The molecule has 1 atom stereocenters. The summed E-state index contributed by atoms with van der Waals surface area (Å²) in [5, 5.41) is 12.1. The summed E-state index contributed by atoms with van der Waals surface area (Å²) in [6, 6.07) is 6.09. The largest absolute Gasteiger partial charge is 0.479 e. The fourth-order valence-electron chi connectivity index (χ4n) is 2.29. The number of carboxylic acids is 1. The normalized spacial score (nSPS) is 21.2. The molecular weight excluding hydrogens is 306 g/mol. The Morgan fingerprint density at radius 1 is 1.43 bits per heavy atom. The molecule has 1 fully saturated rings. The van der Waals surface area contributed by atoms with Crippen LogP contribution in [0.1, 0.15) is 17.5 Å². The van der Waals surface area contributed by atoms with Crippen molar-refractivity contribution >= 4 is 35.4 Å². The molecule has 21 heavy (non-hydrogen) atoms. The van der Waals surface area contributed by atoms with Gasteiger partial charge in [0.1, 0.15) is 5.54 Å². The van der Waals surface area contributed by atoms with Gasteiger partial charge in [0.05, 0.1) is 5.75 Å². The van der Waals surface area contributed by atoms with Crippen molar-refractivity contribution in [3.63, 3.8) is 0 Å². The molecule has 1 saturated heterocycles. The van der Waals surface area contributed by atoms with E-state index in [2.05, 4.69) is 11.4 Å². The highest BCUT2D eigenvalue weighted by Gasteiger charge is 2.43. The quantitative estimate of drug-likeness (QED) is 0.814. The fraction of sp³-hybridized carbons (Fsp3) is 0.467. The average Bonchev–Trinajstić information content (AvgIpc) is 2.87. The van der Waals surface area contributed by atoms with Crippen molar-refractivity contribution in [2.45, 2.75) is 30.7 Å². The number of carbonyl (C=O) groups is 2. The highest BCUT2D eigenvalue weighted by Crippen LogP contribution is 2.29. The molecule has 1 heterocycles. The molecule has 6 heteroatoms. The zero-order chi connectivity index (χ0) is 15.5. The van der Waals surface area contributed by atoms with Crippen molar-refractivity contribution < 1.29 is 14.7 Å². The molecule has 1 aliphatic rings. The minimum absolute atomic E-state index is 0.218. The van der Waals surface area contributed by atoms with Crippen LogP contribution in [0.15, 0.2) is 23.1 Å². The molecule has 0 bridgehead atoms. The van der Waals surface area contributed by atoms with Gasteiger partial charge in [0, 0.05) is 10.6 Å². The maximum Gasteiger partial charge on any atom is 0.330 e. The first kappa shape index (κ1) is 16.2. The summed E-state index contributed by atoms with van der Waals surface area (Å²) in [5.74, 6) is 0.310. The third-order valence-corrected chi connectivity index (χ3v) is 5.86. The van der Waals surface area contributed by atoms with Crippen LogP contribution in [-0.4, -0.2) is 39.8 Å². The van der Waals surface area contributed by atoms with Crippen molar-refractivity contribution in [3.8, 4) is 0 Å². The van der Waals surface area contributed by atoms with Gasteiger partial charge in [0.15, 0.2) is 0 Å². The number of thioether (sulfide) groups is 2. The highest BCUT2D eigenvalue weighted by molar-refractivity contribution is 8.00. The number of aliphatic carboxylic acids is 1. The Bertz CT molecular complexity index is 554. The Kier molecular flexibility index (Phi) is 5.22. The molecule has 114 valence electrons. The van der Waals surface area contributed by atoms with Crippen LogP contribution < -0.4 is 5.32 Å². The Balaban J connectivity index is 1.94. The number of aryl methyl sites for hydroxylation is 2. The summed E-state index contributed by atoms with van der Waals surface area (Å²) in [6.45, 7) is 4.04. The summed E-state index contributed by atoms with van der Waals surface area (Å²) < 4.78 is 0. The Labute approximate surface area is 133 Å². The third-order valence-electron chi connectivity index (χ3n) is 3.50. The van der Waals surface area contributed by atoms with Gasteiger partial charge >= 0.3 is 5.97 Å². The van der Waals surface area contributed by atoms with Crippen molar-refractivity contribution in [1.82, 2.24) is 5.32 Å². The van der Waals surface area contributed by atoms with Gasteiger partial charge in [-0.15, -0.1) is 11.8 Å². The van der Waals surface area contributed by atoms with Crippen molar-refractivity contribution in [2.75, 3.05) is 17.3 Å². The number of hydrogen-bond acceptors (Lipinski definition) is 4. The van der Waals surface area contributed by atoms with E-state index in [-0.39, 0.29) is 11.7 Å². The number of nitrogens with one attached hydrogen (secondary N) is 1. The van der Waals surface area contributed by atoms with Gasteiger partial charge in [-0.1, -0.05) is 17.7 Å². The van der Waals surface area contributed by atoms with Crippen molar-refractivity contribution in [3.05, 3.63) is 29.3 Å². The second kappa shape index (κ2) is 6.75. The molecule has 2 rings (SSSR count). The second-order valence-corrected chi connectivity index (χ2v) is 7.42. The number of carbonyl (C=O) groups excluding carboxylic acids is 1. The molecule has 4 nitrogen and oxygen atoms in total. The smallest absolute Gasteiger partial charge is 0.330 e. The van der Waals surface area contributed by atoms with E-state index in [1.165, 1.54) is 17.3 Å². The minimum atomic E-state index is -1.08.